The van der Waals surface area contributed by atoms with E-state index in [1.165, 1.54) is 12.8 Å². The van der Waals surface area contributed by atoms with Crippen LogP contribution in [0.1, 0.15) is 44.1 Å². The Bertz CT molecular complexity index is 1470. The molecular formula is C31H39N3O5S. The molecule has 2 aromatic carbocycles. The van der Waals surface area contributed by atoms with Gasteiger partial charge in [-0.15, -0.1) is 0 Å². The van der Waals surface area contributed by atoms with Crippen molar-refractivity contribution < 1.29 is 22.7 Å². The van der Waals surface area contributed by atoms with Crippen LogP contribution >= 0.6 is 0 Å². The number of hydrogen-bond acceptors (Lipinski definition) is 5. The molecule has 1 atom stereocenters. The van der Waals surface area contributed by atoms with Gasteiger partial charge in [0.15, 0.2) is 0 Å². The van der Waals surface area contributed by atoms with E-state index in [0.717, 1.165) is 27.7 Å². The van der Waals surface area contributed by atoms with Gasteiger partial charge in [-0.05, 0) is 73.8 Å². The smallest absolute Gasteiger partial charge is 0.240 e. The zero-order chi connectivity index (χ0) is 27.9. The fourth-order valence-electron chi connectivity index (χ4n) is 6.44. The predicted molar refractivity (Wildman–Crippen MR) is 154 cm³/mol. The Labute approximate surface area is 236 Å². The minimum atomic E-state index is -3.69. The Morgan fingerprint density at radius 3 is 2.48 bits per heavy atom. The first-order valence-corrected chi connectivity index (χ1v) is 15.9. The summed E-state index contributed by atoms with van der Waals surface area (Å²) in [5.41, 5.74) is 4.05. The Hall–Kier alpha value is -2.72. The number of benzene rings is 2. The molecule has 8 nitrogen and oxygen atoms in total. The van der Waals surface area contributed by atoms with E-state index in [1.807, 2.05) is 29.8 Å². The number of methoxy groups -OCH3 is 1. The van der Waals surface area contributed by atoms with E-state index in [4.69, 9.17) is 9.47 Å². The molecule has 6 rings (SSSR count). The summed E-state index contributed by atoms with van der Waals surface area (Å²) in [6.45, 7) is 2.50. The normalized spacial score (nSPS) is 23.9. The average molecular weight is 566 g/mol. The Balaban J connectivity index is 1.11. The highest BCUT2D eigenvalue weighted by atomic mass is 32.2. The topological polar surface area (TPSA) is 89.9 Å². The Morgan fingerprint density at radius 1 is 1.02 bits per heavy atom. The molecule has 0 spiro atoms. The number of fused-ring (bicyclic) bond motifs is 1. The van der Waals surface area contributed by atoms with Gasteiger partial charge in [-0.2, -0.15) is 0 Å². The molecule has 3 aliphatic rings. The molecule has 40 heavy (non-hydrogen) atoms. The number of hydrogen-bond donors (Lipinski definition) is 1. The highest BCUT2D eigenvalue weighted by Crippen LogP contribution is 2.38. The fourth-order valence-corrected chi connectivity index (χ4v) is 7.77. The van der Waals surface area contributed by atoms with Crippen molar-refractivity contribution in [2.24, 2.45) is 18.9 Å². The number of carbonyl (C=O) groups excluding carboxylic acids is 1. The van der Waals surface area contributed by atoms with Crippen molar-refractivity contribution in [1.82, 2.24) is 14.2 Å². The lowest BCUT2D eigenvalue weighted by molar-refractivity contribution is -0.146. The van der Waals surface area contributed by atoms with Crippen molar-refractivity contribution in [3.05, 3.63) is 54.1 Å². The van der Waals surface area contributed by atoms with Crippen molar-refractivity contribution >= 4 is 26.8 Å². The minimum Gasteiger partial charge on any atom is -0.380 e. The van der Waals surface area contributed by atoms with E-state index >= 15 is 0 Å². The van der Waals surface area contributed by atoms with Crippen LogP contribution in [0, 0.1) is 11.8 Å². The highest BCUT2D eigenvalue weighted by Gasteiger charge is 2.41. The summed E-state index contributed by atoms with van der Waals surface area (Å²) in [5.74, 6) is 0.799. The van der Waals surface area contributed by atoms with E-state index in [0.29, 0.717) is 58.0 Å². The lowest BCUT2D eigenvalue weighted by Gasteiger charge is -2.39. The third-order valence-electron chi connectivity index (χ3n) is 8.90. The van der Waals surface area contributed by atoms with Gasteiger partial charge >= 0.3 is 0 Å². The van der Waals surface area contributed by atoms with Gasteiger partial charge < -0.3 is 18.9 Å². The molecule has 2 heterocycles. The molecule has 3 fully saturated rings. The number of sulfonamides is 1. The van der Waals surface area contributed by atoms with Crippen LogP contribution in [-0.2, 0) is 37.9 Å². The molecule has 1 aromatic heterocycles. The van der Waals surface area contributed by atoms with Crippen LogP contribution in [-0.4, -0.2) is 62.7 Å². The number of rotatable bonds is 8. The van der Waals surface area contributed by atoms with Crippen molar-refractivity contribution in [3.63, 3.8) is 0 Å². The van der Waals surface area contributed by atoms with Gasteiger partial charge in [-0.1, -0.05) is 30.3 Å². The van der Waals surface area contributed by atoms with E-state index < -0.39 is 10.0 Å². The fraction of sp³-hybridized carbons (Fsp3) is 0.516. The van der Waals surface area contributed by atoms with Crippen LogP contribution < -0.4 is 4.72 Å². The van der Waals surface area contributed by atoms with Gasteiger partial charge in [0.2, 0.25) is 15.9 Å². The standard InChI is InChI=1S/C31H39N3O5S/c1-33-28(22-5-3-21(4-6-22)19-38-2)17-25-11-14-27(18-29(25)33)40(36,37)32-26-12-9-24(10-13-26)31(35)34-15-16-39-20-30(34)23-7-8-23/h3-6,11,14,17-18,23-24,26,30,32H,7-10,12-13,15-16,19-20H2,1-2H3/t24?,26?,30-/m1/s1. The molecule has 9 heteroatoms. The van der Waals surface area contributed by atoms with Crippen LogP contribution in [0.15, 0.2) is 53.4 Å². The highest BCUT2D eigenvalue weighted by molar-refractivity contribution is 7.89. The molecule has 1 N–H and O–H groups in total. The third kappa shape index (κ3) is 5.57. The number of ether oxygens (including phenoxy) is 2. The first kappa shape index (κ1) is 27.4. The number of morpholine rings is 1. The maximum absolute atomic E-state index is 13.4. The SMILES string of the molecule is COCc1ccc(-c2cc3ccc(S(=O)(=O)NC4CCC(C(=O)N5CCOC[C@@H]5C5CC5)CC4)cc3n2C)cc1. The van der Waals surface area contributed by atoms with E-state index in [9.17, 15) is 13.2 Å². The lowest BCUT2D eigenvalue weighted by atomic mass is 9.85. The molecule has 2 saturated carbocycles. The molecule has 0 unspecified atom stereocenters. The van der Waals surface area contributed by atoms with Crippen LogP contribution in [0.5, 0.6) is 0 Å². The molecule has 214 valence electrons. The summed E-state index contributed by atoms with van der Waals surface area (Å²) in [4.78, 5) is 15.7. The third-order valence-corrected chi connectivity index (χ3v) is 10.4. The molecule has 2 aliphatic carbocycles. The summed E-state index contributed by atoms with van der Waals surface area (Å²) in [6, 6.07) is 15.7. The van der Waals surface area contributed by atoms with Gasteiger partial charge in [0.05, 0.1) is 30.8 Å². The molecule has 3 aromatic rings. The van der Waals surface area contributed by atoms with Crippen molar-refractivity contribution in [1.29, 1.82) is 0 Å². The molecule has 1 aliphatic heterocycles. The van der Waals surface area contributed by atoms with Gasteiger partial charge in [0.1, 0.15) is 0 Å². The number of amides is 1. The van der Waals surface area contributed by atoms with E-state index in [-0.39, 0.29) is 28.8 Å². The Morgan fingerprint density at radius 2 is 1.77 bits per heavy atom. The summed E-state index contributed by atoms with van der Waals surface area (Å²) in [6.07, 6.45) is 5.13. The second-order valence-electron chi connectivity index (χ2n) is 11.6. The molecule has 0 bridgehead atoms. The molecule has 0 radical (unpaired) electrons. The number of aryl methyl sites for hydroxylation is 1. The van der Waals surface area contributed by atoms with Crippen LogP contribution in [0.4, 0.5) is 0 Å². The zero-order valence-corrected chi connectivity index (χ0v) is 24.2. The van der Waals surface area contributed by atoms with Crippen molar-refractivity contribution in [3.8, 4) is 11.3 Å². The minimum absolute atomic E-state index is 0.0261. The summed E-state index contributed by atoms with van der Waals surface area (Å²) in [7, 11) is -0.0499. The number of nitrogens with zero attached hydrogens (tertiary/aromatic N) is 2. The first-order valence-electron chi connectivity index (χ1n) is 14.4. The zero-order valence-electron chi connectivity index (χ0n) is 23.3. The average Bonchev–Trinajstić information content (AvgIpc) is 3.77. The van der Waals surface area contributed by atoms with Gasteiger partial charge in [0, 0.05) is 49.3 Å². The maximum atomic E-state index is 13.4. The van der Waals surface area contributed by atoms with E-state index in [2.05, 4.69) is 27.8 Å². The van der Waals surface area contributed by atoms with Crippen LogP contribution in [0.3, 0.4) is 0 Å². The first-order chi connectivity index (χ1) is 19.3. The summed E-state index contributed by atoms with van der Waals surface area (Å²) < 4.78 is 42.6. The van der Waals surface area contributed by atoms with E-state index in [1.54, 1.807) is 19.2 Å². The molecule has 1 amide bonds. The molecule has 1 saturated heterocycles. The van der Waals surface area contributed by atoms with Gasteiger partial charge in [0.25, 0.3) is 0 Å². The number of aromatic nitrogens is 1. The summed E-state index contributed by atoms with van der Waals surface area (Å²) >= 11 is 0. The van der Waals surface area contributed by atoms with Gasteiger partial charge in [-0.3, -0.25) is 4.79 Å². The van der Waals surface area contributed by atoms with Gasteiger partial charge in [-0.25, -0.2) is 13.1 Å². The quantitative estimate of drug-likeness (QED) is 0.436. The van der Waals surface area contributed by atoms with Crippen LogP contribution in [0.25, 0.3) is 22.2 Å². The summed E-state index contributed by atoms with van der Waals surface area (Å²) in [5, 5.41) is 0.990. The number of carbonyl (C=O) groups is 1. The van der Waals surface area contributed by atoms with Crippen molar-refractivity contribution in [2.45, 2.75) is 62.1 Å². The predicted octanol–water partition coefficient (Wildman–Crippen LogP) is 4.47. The second kappa shape index (κ2) is 11.3. The largest absolute Gasteiger partial charge is 0.380 e. The number of nitrogens with one attached hydrogen (secondary N) is 1. The lowest BCUT2D eigenvalue weighted by Crippen LogP contribution is -2.52. The Kier molecular flexibility index (Phi) is 7.74. The maximum Gasteiger partial charge on any atom is 0.240 e. The monoisotopic (exact) mass is 565 g/mol. The van der Waals surface area contributed by atoms with Crippen molar-refractivity contribution in [2.75, 3.05) is 26.9 Å². The second-order valence-corrected chi connectivity index (χ2v) is 13.3. The molecular weight excluding hydrogens is 526 g/mol. The van der Waals surface area contributed by atoms with Crippen LogP contribution in [0.2, 0.25) is 0 Å².